The van der Waals surface area contributed by atoms with E-state index in [-0.39, 0.29) is 5.41 Å². The molecule has 0 N–H and O–H groups in total. The maximum Gasteiger partial charge on any atom is 0.126 e. The Balaban J connectivity index is 2.16. The molecular formula is C14H22O. The van der Waals surface area contributed by atoms with Gasteiger partial charge < -0.3 is 4.79 Å². The molecule has 2 aliphatic rings. The van der Waals surface area contributed by atoms with E-state index in [1.165, 1.54) is 25.5 Å². The molecule has 2 unspecified atom stereocenters. The van der Waals surface area contributed by atoms with Crippen molar-refractivity contribution in [2.75, 3.05) is 0 Å². The van der Waals surface area contributed by atoms with Gasteiger partial charge in [0, 0.05) is 5.41 Å². The predicted molar refractivity (Wildman–Crippen MR) is 62.6 cm³/mol. The van der Waals surface area contributed by atoms with E-state index in [9.17, 15) is 4.79 Å². The molecule has 1 heteroatoms. The zero-order valence-electron chi connectivity index (χ0n) is 10.2. The predicted octanol–water partition coefficient (Wildman–Crippen LogP) is 3.74. The highest BCUT2D eigenvalue weighted by atomic mass is 16.1. The second-order valence-electron chi connectivity index (χ2n) is 6.54. The average molecular weight is 206 g/mol. The van der Waals surface area contributed by atoms with E-state index in [4.69, 9.17) is 0 Å². The van der Waals surface area contributed by atoms with Gasteiger partial charge in [-0.1, -0.05) is 32.4 Å². The number of rotatable bonds is 1. The molecule has 2 rings (SSSR count). The van der Waals surface area contributed by atoms with Crippen LogP contribution in [0.5, 0.6) is 0 Å². The van der Waals surface area contributed by atoms with Crippen molar-refractivity contribution in [2.45, 2.75) is 52.9 Å². The first kappa shape index (κ1) is 10.9. The second-order valence-corrected chi connectivity index (χ2v) is 6.54. The summed E-state index contributed by atoms with van der Waals surface area (Å²) in [6.45, 7) is 6.82. The lowest BCUT2D eigenvalue weighted by Gasteiger charge is -2.42. The van der Waals surface area contributed by atoms with Crippen LogP contribution in [0.25, 0.3) is 0 Å². The van der Waals surface area contributed by atoms with Gasteiger partial charge in [0.2, 0.25) is 0 Å². The molecule has 0 heterocycles. The standard InChI is InChI=1S/C14H22O/c1-13(2)6-4-12-9-14(3,10-15)7-5-11(12)8-13/h4,10-11H,5-9H2,1-3H3. The lowest BCUT2D eigenvalue weighted by Crippen LogP contribution is -2.32. The topological polar surface area (TPSA) is 17.1 Å². The van der Waals surface area contributed by atoms with Crippen LogP contribution in [0.1, 0.15) is 52.9 Å². The summed E-state index contributed by atoms with van der Waals surface area (Å²) in [6, 6.07) is 0. The van der Waals surface area contributed by atoms with Gasteiger partial charge in [0.1, 0.15) is 6.29 Å². The molecule has 2 aliphatic carbocycles. The highest BCUT2D eigenvalue weighted by Crippen LogP contribution is 2.48. The van der Waals surface area contributed by atoms with E-state index in [1.54, 1.807) is 5.57 Å². The molecule has 0 bridgehead atoms. The number of fused-ring (bicyclic) bond motifs is 1. The fourth-order valence-corrected chi connectivity index (χ4v) is 3.12. The summed E-state index contributed by atoms with van der Waals surface area (Å²) < 4.78 is 0. The summed E-state index contributed by atoms with van der Waals surface area (Å²) in [5.41, 5.74) is 1.97. The SMILES string of the molecule is CC1(C)CC=C2CC(C)(C=O)CCC2C1. The fraction of sp³-hybridized carbons (Fsp3) is 0.786. The van der Waals surface area contributed by atoms with E-state index in [0.717, 1.165) is 18.8 Å². The molecule has 0 aromatic carbocycles. The molecule has 0 saturated heterocycles. The summed E-state index contributed by atoms with van der Waals surface area (Å²) in [5.74, 6) is 0.766. The van der Waals surface area contributed by atoms with Crippen LogP contribution in [-0.2, 0) is 4.79 Å². The third-order valence-electron chi connectivity index (χ3n) is 4.20. The quantitative estimate of drug-likeness (QED) is 0.472. The average Bonchev–Trinajstić information content (AvgIpc) is 2.18. The lowest BCUT2D eigenvalue weighted by molar-refractivity contribution is -0.116. The number of hydrogen-bond donors (Lipinski definition) is 0. The maximum atomic E-state index is 11.1. The molecule has 84 valence electrons. The van der Waals surface area contributed by atoms with Crippen molar-refractivity contribution in [2.24, 2.45) is 16.7 Å². The van der Waals surface area contributed by atoms with Gasteiger partial charge in [-0.25, -0.2) is 0 Å². The van der Waals surface area contributed by atoms with E-state index in [1.807, 2.05) is 0 Å². The van der Waals surface area contributed by atoms with Crippen LogP contribution in [0.3, 0.4) is 0 Å². The second kappa shape index (κ2) is 3.47. The van der Waals surface area contributed by atoms with E-state index >= 15 is 0 Å². The molecule has 0 aliphatic heterocycles. The van der Waals surface area contributed by atoms with Crippen LogP contribution in [-0.4, -0.2) is 6.29 Å². The Labute approximate surface area is 92.9 Å². The first-order chi connectivity index (χ1) is 6.94. The highest BCUT2D eigenvalue weighted by molar-refractivity contribution is 5.60. The van der Waals surface area contributed by atoms with Gasteiger partial charge in [-0.05, 0) is 43.4 Å². The van der Waals surface area contributed by atoms with E-state index < -0.39 is 0 Å². The van der Waals surface area contributed by atoms with Crippen LogP contribution >= 0.6 is 0 Å². The largest absolute Gasteiger partial charge is 0.303 e. The van der Waals surface area contributed by atoms with Crippen molar-refractivity contribution in [3.05, 3.63) is 11.6 Å². The summed E-state index contributed by atoms with van der Waals surface area (Å²) in [5, 5.41) is 0. The molecule has 1 nitrogen and oxygen atoms in total. The Bertz CT molecular complexity index is 300. The molecule has 0 amide bonds. The molecular weight excluding hydrogens is 184 g/mol. The minimum absolute atomic E-state index is 0.0657. The summed E-state index contributed by atoms with van der Waals surface area (Å²) in [4.78, 5) is 11.1. The highest BCUT2D eigenvalue weighted by Gasteiger charge is 2.38. The lowest BCUT2D eigenvalue weighted by atomic mass is 9.62. The van der Waals surface area contributed by atoms with Gasteiger partial charge in [-0.2, -0.15) is 0 Å². The monoisotopic (exact) mass is 206 g/mol. The number of hydrogen-bond acceptors (Lipinski definition) is 1. The van der Waals surface area contributed by atoms with E-state index in [0.29, 0.717) is 5.41 Å². The van der Waals surface area contributed by atoms with Crippen molar-refractivity contribution < 1.29 is 4.79 Å². The Hall–Kier alpha value is -0.590. The third-order valence-corrected chi connectivity index (χ3v) is 4.20. The normalized spacial score (nSPS) is 39.1. The molecule has 0 spiro atoms. The van der Waals surface area contributed by atoms with Crippen LogP contribution in [0.15, 0.2) is 11.6 Å². The minimum atomic E-state index is -0.0657. The van der Waals surface area contributed by atoms with Gasteiger partial charge in [0.15, 0.2) is 0 Å². The van der Waals surface area contributed by atoms with Gasteiger partial charge in [0.05, 0.1) is 0 Å². The molecule has 2 atom stereocenters. The zero-order valence-corrected chi connectivity index (χ0v) is 10.2. The van der Waals surface area contributed by atoms with Crippen molar-refractivity contribution in [1.82, 2.24) is 0 Å². The molecule has 15 heavy (non-hydrogen) atoms. The van der Waals surface area contributed by atoms with Crippen molar-refractivity contribution in [1.29, 1.82) is 0 Å². The minimum Gasteiger partial charge on any atom is -0.303 e. The smallest absolute Gasteiger partial charge is 0.126 e. The Morgan fingerprint density at radius 3 is 2.80 bits per heavy atom. The Morgan fingerprint density at radius 2 is 2.13 bits per heavy atom. The van der Waals surface area contributed by atoms with Gasteiger partial charge in [0.25, 0.3) is 0 Å². The summed E-state index contributed by atoms with van der Waals surface area (Å²) in [6.07, 6.45) is 9.39. The third kappa shape index (κ3) is 2.16. The van der Waals surface area contributed by atoms with Crippen LogP contribution in [0.2, 0.25) is 0 Å². The molecule has 1 fully saturated rings. The van der Waals surface area contributed by atoms with Crippen molar-refractivity contribution in [3.63, 3.8) is 0 Å². The van der Waals surface area contributed by atoms with Crippen LogP contribution < -0.4 is 0 Å². The van der Waals surface area contributed by atoms with Crippen molar-refractivity contribution >= 4 is 6.29 Å². The first-order valence-electron chi connectivity index (χ1n) is 6.09. The Morgan fingerprint density at radius 1 is 1.40 bits per heavy atom. The van der Waals surface area contributed by atoms with Crippen LogP contribution in [0.4, 0.5) is 0 Å². The van der Waals surface area contributed by atoms with E-state index in [2.05, 4.69) is 26.8 Å². The first-order valence-corrected chi connectivity index (χ1v) is 6.09. The number of carbonyl (C=O) groups excluding carboxylic acids is 1. The molecule has 0 aromatic rings. The van der Waals surface area contributed by atoms with Crippen molar-refractivity contribution in [3.8, 4) is 0 Å². The molecule has 0 aromatic heterocycles. The fourth-order valence-electron chi connectivity index (χ4n) is 3.12. The molecule has 1 saturated carbocycles. The number of carbonyl (C=O) groups is 1. The van der Waals surface area contributed by atoms with Crippen LogP contribution in [0, 0.1) is 16.7 Å². The molecule has 0 radical (unpaired) electrons. The maximum absolute atomic E-state index is 11.1. The van der Waals surface area contributed by atoms with Gasteiger partial charge in [-0.3, -0.25) is 0 Å². The number of allylic oxidation sites excluding steroid dienone is 2. The summed E-state index contributed by atoms with van der Waals surface area (Å²) >= 11 is 0. The Kier molecular flexibility index (Phi) is 2.52. The van der Waals surface area contributed by atoms with Gasteiger partial charge >= 0.3 is 0 Å². The zero-order chi connectivity index (χ0) is 11.1. The summed E-state index contributed by atoms with van der Waals surface area (Å²) in [7, 11) is 0. The van der Waals surface area contributed by atoms with Gasteiger partial charge in [-0.15, -0.1) is 0 Å². The number of aldehydes is 1.